The van der Waals surface area contributed by atoms with Gasteiger partial charge in [-0.2, -0.15) is 0 Å². The van der Waals surface area contributed by atoms with E-state index in [4.69, 9.17) is 5.73 Å². The Hall–Kier alpha value is -2.04. The average molecular weight is 236 g/mol. The smallest absolute Gasteiger partial charge is 0.337 e. The molecule has 0 saturated carbocycles. The van der Waals surface area contributed by atoms with Crippen molar-refractivity contribution in [3.05, 3.63) is 29.3 Å². The second-order valence-corrected chi connectivity index (χ2v) is 3.76. The third-order valence-corrected chi connectivity index (χ3v) is 2.39. The molecule has 1 unspecified atom stereocenters. The summed E-state index contributed by atoms with van der Waals surface area (Å²) in [5, 5.41) is 2.73. The summed E-state index contributed by atoms with van der Waals surface area (Å²) in [4.78, 5) is 22.2. The van der Waals surface area contributed by atoms with E-state index in [0.717, 1.165) is 5.56 Å². The molecule has 5 nitrogen and oxygen atoms in total. The number of nitrogens with two attached hydrogens (primary N) is 1. The molecule has 0 aromatic heterocycles. The lowest BCUT2D eigenvalue weighted by molar-refractivity contribution is -0.119. The predicted molar refractivity (Wildman–Crippen MR) is 64.4 cm³/mol. The number of esters is 1. The molecule has 0 bridgehead atoms. The highest BCUT2D eigenvalue weighted by Gasteiger charge is 2.13. The number of hydrogen-bond acceptors (Lipinski definition) is 4. The molecule has 0 spiro atoms. The molecule has 0 aliphatic heterocycles. The minimum atomic E-state index is -0.435. The highest BCUT2D eigenvalue weighted by atomic mass is 16.5. The third-order valence-electron chi connectivity index (χ3n) is 2.39. The van der Waals surface area contributed by atoms with Gasteiger partial charge in [0.05, 0.1) is 18.7 Å². The Balaban J connectivity index is 2.97. The molecule has 1 aromatic carbocycles. The van der Waals surface area contributed by atoms with Gasteiger partial charge in [0.15, 0.2) is 0 Å². The summed E-state index contributed by atoms with van der Waals surface area (Å²) in [6.45, 7) is 3.26. The Kier molecular flexibility index (Phi) is 4.09. The number of nitrogens with one attached hydrogen (secondary N) is 1. The third kappa shape index (κ3) is 3.21. The maximum absolute atomic E-state index is 11.3. The number of rotatable bonds is 3. The van der Waals surface area contributed by atoms with Crippen molar-refractivity contribution in [3.63, 3.8) is 0 Å². The van der Waals surface area contributed by atoms with Crippen LogP contribution in [-0.4, -0.2) is 19.0 Å². The monoisotopic (exact) mass is 236 g/mol. The van der Waals surface area contributed by atoms with E-state index < -0.39 is 5.97 Å². The van der Waals surface area contributed by atoms with Crippen LogP contribution in [0.25, 0.3) is 0 Å². The number of methoxy groups -OCH3 is 1. The number of carbonyl (C=O) groups excluding carboxylic acids is 2. The maximum Gasteiger partial charge on any atom is 0.337 e. The first-order chi connectivity index (χ1) is 7.95. The molecule has 0 heterocycles. The van der Waals surface area contributed by atoms with Crippen molar-refractivity contribution in [2.45, 2.75) is 19.9 Å². The second-order valence-electron chi connectivity index (χ2n) is 3.76. The van der Waals surface area contributed by atoms with Crippen molar-refractivity contribution >= 4 is 17.6 Å². The predicted octanol–water partition coefficient (Wildman–Crippen LogP) is 1.25. The Morgan fingerprint density at radius 3 is 2.53 bits per heavy atom. The van der Waals surface area contributed by atoms with Crippen molar-refractivity contribution in [1.82, 2.24) is 5.32 Å². The fraction of sp³-hybridized carbons (Fsp3) is 0.333. The zero-order valence-corrected chi connectivity index (χ0v) is 10.1. The number of amides is 1. The molecular weight excluding hydrogens is 220 g/mol. The molecular formula is C12H16N2O3. The number of anilines is 1. The molecule has 0 saturated heterocycles. The molecule has 92 valence electrons. The van der Waals surface area contributed by atoms with Crippen LogP contribution in [0.5, 0.6) is 0 Å². The number of hydrogen-bond donors (Lipinski definition) is 2. The maximum atomic E-state index is 11.3. The molecule has 1 rings (SSSR count). The van der Waals surface area contributed by atoms with Crippen LogP contribution in [0.4, 0.5) is 5.69 Å². The van der Waals surface area contributed by atoms with Crippen molar-refractivity contribution in [2.75, 3.05) is 12.8 Å². The first kappa shape index (κ1) is 13.0. The lowest BCUT2D eigenvalue weighted by atomic mass is 10.0. The first-order valence-electron chi connectivity index (χ1n) is 5.20. The Labute approximate surface area is 99.9 Å². The van der Waals surface area contributed by atoms with E-state index in [9.17, 15) is 9.59 Å². The average Bonchev–Trinajstić information content (AvgIpc) is 2.26. The quantitative estimate of drug-likeness (QED) is 0.611. The molecule has 5 heteroatoms. The molecule has 0 fully saturated rings. The minimum Gasteiger partial charge on any atom is -0.465 e. The number of benzene rings is 1. The van der Waals surface area contributed by atoms with Gasteiger partial charge < -0.3 is 15.8 Å². The molecule has 0 radical (unpaired) electrons. The van der Waals surface area contributed by atoms with E-state index in [2.05, 4.69) is 10.1 Å². The summed E-state index contributed by atoms with van der Waals surface area (Å²) < 4.78 is 4.59. The van der Waals surface area contributed by atoms with Gasteiger partial charge in [-0.3, -0.25) is 4.79 Å². The fourth-order valence-electron chi connectivity index (χ4n) is 1.60. The van der Waals surface area contributed by atoms with Crippen molar-refractivity contribution < 1.29 is 14.3 Å². The summed E-state index contributed by atoms with van der Waals surface area (Å²) in [6.07, 6.45) is 0. The normalized spacial score (nSPS) is 11.7. The molecule has 17 heavy (non-hydrogen) atoms. The highest BCUT2D eigenvalue weighted by Crippen LogP contribution is 2.21. The molecule has 0 aliphatic carbocycles. The van der Waals surface area contributed by atoms with Crippen LogP contribution in [0.1, 0.15) is 35.8 Å². The van der Waals surface area contributed by atoms with Gasteiger partial charge in [0, 0.05) is 12.6 Å². The largest absolute Gasteiger partial charge is 0.465 e. The van der Waals surface area contributed by atoms with Crippen LogP contribution in [0, 0.1) is 0 Å². The second kappa shape index (κ2) is 5.34. The summed E-state index contributed by atoms with van der Waals surface area (Å²) in [6, 6.07) is 4.68. The van der Waals surface area contributed by atoms with E-state index in [1.54, 1.807) is 18.2 Å². The van der Waals surface area contributed by atoms with Crippen LogP contribution in [-0.2, 0) is 9.53 Å². The topological polar surface area (TPSA) is 81.4 Å². The van der Waals surface area contributed by atoms with E-state index in [1.807, 2.05) is 6.92 Å². The summed E-state index contributed by atoms with van der Waals surface area (Å²) in [5.41, 5.74) is 7.45. The zero-order valence-electron chi connectivity index (χ0n) is 10.1. The van der Waals surface area contributed by atoms with E-state index in [-0.39, 0.29) is 11.9 Å². The van der Waals surface area contributed by atoms with Crippen molar-refractivity contribution in [2.24, 2.45) is 0 Å². The van der Waals surface area contributed by atoms with Crippen LogP contribution < -0.4 is 11.1 Å². The van der Waals surface area contributed by atoms with Crippen LogP contribution in [0.15, 0.2) is 18.2 Å². The van der Waals surface area contributed by atoms with Crippen molar-refractivity contribution in [1.29, 1.82) is 0 Å². The number of carbonyl (C=O) groups is 2. The summed E-state index contributed by atoms with van der Waals surface area (Å²) in [5.74, 6) is -0.565. The lowest BCUT2D eigenvalue weighted by Crippen LogP contribution is -2.24. The SMILES string of the molecule is COC(=O)c1ccc(C(C)NC(C)=O)c(N)c1. The van der Waals surface area contributed by atoms with Crippen LogP contribution in [0.2, 0.25) is 0 Å². The molecule has 0 aliphatic rings. The number of ether oxygens (including phenoxy) is 1. The lowest BCUT2D eigenvalue weighted by Gasteiger charge is -2.15. The Morgan fingerprint density at radius 2 is 2.06 bits per heavy atom. The Bertz CT molecular complexity index is 443. The van der Waals surface area contributed by atoms with E-state index in [1.165, 1.54) is 14.0 Å². The molecule has 1 amide bonds. The van der Waals surface area contributed by atoms with Gasteiger partial charge in [-0.15, -0.1) is 0 Å². The Morgan fingerprint density at radius 1 is 1.41 bits per heavy atom. The van der Waals surface area contributed by atoms with Gasteiger partial charge in [-0.25, -0.2) is 4.79 Å². The first-order valence-corrected chi connectivity index (χ1v) is 5.20. The van der Waals surface area contributed by atoms with Gasteiger partial charge in [0.25, 0.3) is 0 Å². The van der Waals surface area contributed by atoms with Gasteiger partial charge >= 0.3 is 5.97 Å². The number of nitrogen functional groups attached to an aromatic ring is 1. The van der Waals surface area contributed by atoms with Gasteiger partial charge in [-0.05, 0) is 24.6 Å². The standard InChI is InChI=1S/C12H16N2O3/c1-7(14-8(2)15)10-5-4-9(6-11(10)13)12(16)17-3/h4-7H,13H2,1-3H3,(H,14,15). The van der Waals surface area contributed by atoms with Crippen molar-refractivity contribution in [3.8, 4) is 0 Å². The van der Waals surface area contributed by atoms with Gasteiger partial charge in [0.1, 0.15) is 0 Å². The van der Waals surface area contributed by atoms with Crippen LogP contribution in [0.3, 0.4) is 0 Å². The zero-order chi connectivity index (χ0) is 13.0. The highest BCUT2D eigenvalue weighted by molar-refractivity contribution is 5.90. The van der Waals surface area contributed by atoms with E-state index in [0.29, 0.717) is 11.3 Å². The molecule has 1 atom stereocenters. The van der Waals surface area contributed by atoms with E-state index >= 15 is 0 Å². The molecule has 1 aromatic rings. The molecule has 3 N–H and O–H groups in total. The van der Waals surface area contributed by atoms with Gasteiger partial charge in [-0.1, -0.05) is 6.07 Å². The minimum absolute atomic E-state index is 0.131. The van der Waals surface area contributed by atoms with Crippen LogP contribution >= 0.6 is 0 Å². The summed E-state index contributed by atoms with van der Waals surface area (Å²) >= 11 is 0. The fourth-order valence-corrected chi connectivity index (χ4v) is 1.60. The summed E-state index contributed by atoms with van der Waals surface area (Å²) in [7, 11) is 1.31. The van der Waals surface area contributed by atoms with Gasteiger partial charge in [0.2, 0.25) is 5.91 Å².